The lowest BCUT2D eigenvalue weighted by Gasteiger charge is -2.17. The number of para-hydroxylation sites is 2. The zero-order valence-corrected chi connectivity index (χ0v) is 19.5. The highest BCUT2D eigenvalue weighted by atomic mass is 16.5. The average Bonchev–Trinajstić information content (AvgIpc) is 3.37. The summed E-state index contributed by atoms with van der Waals surface area (Å²) in [5.41, 5.74) is 2.61. The van der Waals surface area contributed by atoms with Gasteiger partial charge in [-0.3, -0.25) is 4.79 Å². The number of nitrogens with one attached hydrogen (secondary N) is 1. The van der Waals surface area contributed by atoms with Crippen LogP contribution in [0.5, 0.6) is 17.2 Å². The topological polar surface area (TPSA) is 94.8 Å². The smallest absolute Gasteiger partial charge is 0.255 e. The van der Waals surface area contributed by atoms with Gasteiger partial charge in [-0.2, -0.15) is 5.10 Å². The first-order valence-corrected chi connectivity index (χ1v) is 11.1. The van der Waals surface area contributed by atoms with Crippen molar-refractivity contribution in [3.63, 3.8) is 0 Å². The highest BCUT2D eigenvalue weighted by molar-refractivity contribution is 5.99. The lowest BCUT2D eigenvalue weighted by atomic mass is 10.1. The lowest BCUT2D eigenvalue weighted by molar-refractivity contribution is 0.0834. The summed E-state index contributed by atoms with van der Waals surface area (Å²) in [5.74, 6) is 1.01. The van der Waals surface area contributed by atoms with Crippen LogP contribution in [0.3, 0.4) is 0 Å². The van der Waals surface area contributed by atoms with E-state index in [9.17, 15) is 9.90 Å². The van der Waals surface area contributed by atoms with Crippen molar-refractivity contribution in [2.75, 3.05) is 27.4 Å². The number of aliphatic hydroxyl groups is 1. The number of ether oxygens (including phenoxy) is 3. The van der Waals surface area contributed by atoms with Gasteiger partial charge in [-0.15, -0.1) is 0 Å². The molecule has 0 spiro atoms. The van der Waals surface area contributed by atoms with Gasteiger partial charge in [-0.25, -0.2) is 4.68 Å². The number of aromatic nitrogens is 2. The monoisotopic (exact) mass is 473 g/mol. The van der Waals surface area contributed by atoms with Crippen LogP contribution < -0.4 is 19.5 Å². The van der Waals surface area contributed by atoms with Crippen molar-refractivity contribution in [1.29, 1.82) is 0 Å². The molecule has 0 radical (unpaired) electrons. The second-order valence-corrected chi connectivity index (χ2v) is 7.70. The summed E-state index contributed by atoms with van der Waals surface area (Å²) < 4.78 is 18.0. The summed E-state index contributed by atoms with van der Waals surface area (Å²) in [7, 11) is 3.05. The first-order valence-electron chi connectivity index (χ1n) is 11.1. The summed E-state index contributed by atoms with van der Waals surface area (Å²) >= 11 is 0. The molecule has 8 heteroatoms. The number of carbonyl (C=O) groups is 1. The Bertz CT molecular complexity index is 1240. The molecule has 0 aliphatic heterocycles. The van der Waals surface area contributed by atoms with Gasteiger partial charge in [0.25, 0.3) is 5.91 Å². The molecule has 4 rings (SSSR count). The van der Waals surface area contributed by atoms with E-state index in [1.54, 1.807) is 29.1 Å². The van der Waals surface area contributed by atoms with Crippen molar-refractivity contribution in [3.8, 4) is 34.2 Å². The molecule has 0 bridgehead atoms. The summed E-state index contributed by atoms with van der Waals surface area (Å²) in [4.78, 5) is 13.1. The maximum Gasteiger partial charge on any atom is 0.255 e. The van der Waals surface area contributed by atoms with Crippen LogP contribution in [0.1, 0.15) is 10.4 Å². The molecule has 35 heavy (non-hydrogen) atoms. The van der Waals surface area contributed by atoms with Gasteiger partial charge in [-0.1, -0.05) is 54.6 Å². The molecule has 4 aromatic rings. The van der Waals surface area contributed by atoms with Crippen LogP contribution in [0.15, 0.2) is 85.1 Å². The Morgan fingerprint density at radius 2 is 1.57 bits per heavy atom. The number of hydrogen-bond acceptors (Lipinski definition) is 6. The molecule has 0 saturated heterocycles. The lowest BCUT2D eigenvalue weighted by Crippen LogP contribution is -2.35. The van der Waals surface area contributed by atoms with Crippen LogP contribution in [0, 0.1) is 0 Å². The van der Waals surface area contributed by atoms with E-state index in [4.69, 9.17) is 14.2 Å². The maximum absolute atomic E-state index is 13.1. The van der Waals surface area contributed by atoms with Gasteiger partial charge in [0.1, 0.15) is 18.4 Å². The highest BCUT2D eigenvalue weighted by Gasteiger charge is 2.20. The third-order valence-electron chi connectivity index (χ3n) is 5.33. The molecule has 8 nitrogen and oxygen atoms in total. The molecular weight excluding hydrogens is 446 g/mol. The van der Waals surface area contributed by atoms with Gasteiger partial charge in [0.2, 0.25) is 5.75 Å². The van der Waals surface area contributed by atoms with Gasteiger partial charge < -0.3 is 24.6 Å². The van der Waals surface area contributed by atoms with Crippen molar-refractivity contribution >= 4 is 5.91 Å². The zero-order chi connectivity index (χ0) is 24.6. The predicted octanol–water partition coefficient (Wildman–Crippen LogP) is 3.73. The van der Waals surface area contributed by atoms with Crippen LogP contribution in [0.2, 0.25) is 0 Å². The van der Waals surface area contributed by atoms with E-state index in [2.05, 4.69) is 10.4 Å². The Kier molecular flexibility index (Phi) is 7.64. The largest absolute Gasteiger partial charge is 0.493 e. The third-order valence-corrected chi connectivity index (χ3v) is 5.33. The molecule has 1 amide bonds. The summed E-state index contributed by atoms with van der Waals surface area (Å²) in [6.07, 6.45) is 0.730. The fourth-order valence-electron chi connectivity index (χ4n) is 3.57. The normalized spacial score (nSPS) is 11.5. The standard InChI is InChI=1S/C27H27N3O5/c1-33-23-14-9-15-24(34-2)26(23)35-18-21(31)16-28-27(32)22-17-30(20-12-7-4-8-13-20)29-25(22)19-10-5-3-6-11-19/h3-15,17,21,31H,16,18H2,1-2H3,(H,28,32). The number of nitrogens with zero attached hydrogens (tertiary/aromatic N) is 2. The van der Waals surface area contributed by atoms with Crippen LogP contribution >= 0.6 is 0 Å². The van der Waals surface area contributed by atoms with Gasteiger partial charge in [-0.05, 0) is 24.3 Å². The fraction of sp³-hybridized carbons (Fsp3) is 0.185. The number of rotatable bonds is 10. The van der Waals surface area contributed by atoms with E-state index in [1.807, 2.05) is 60.7 Å². The third kappa shape index (κ3) is 5.62. The summed E-state index contributed by atoms with van der Waals surface area (Å²) in [5, 5.41) is 17.9. The van der Waals surface area contributed by atoms with E-state index < -0.39 is 6.10 Å². The van der Waals surface area contributed by atoms with E-state index in [1.165, 1.54) is 14.2 Å². The summed E-state index contributed by atoms with van der Waals surface area (Å²) in [6, 6.07) is 24.3. The van der Waals surface area contributed by atoms with Crippen LogP contribution in [0.25, 0.3) is 16.9 Å². The van der Waals surface area contributed by atoms with Gasteiger partial charge in [0.15, 0.2) is 11.5 Å². The van der Waals surface area contributed by atoms with Gasteiger partial charge in [0, 0.05) is 18.3 Å². The Hall–Kier alpha value is -4.30. The molecule has 0 fully saturated rings. The molecule has 0 saturated carbocycles. The van der Waals surface area contributed by atoms with E-state index in [0.29, 0.717) is 28.5 Å². The quantitative estimate of drug-likeness (QED) is 0.365. The van der Waals surface area contributed by atoms with Crippen molar-refractivity contribution in [3.05, 3.63) is 90.6 Å². The van der Waals surface area contributed by atoms with Crippen molar-refractivity contribution in [2.24, 2.45) is 0 Å². The van der Waals surface area contributed by atoms with Crippen LogP contribution in [0.4, 0.5) is 0 Å². The van der Waals surface area contributed by atoms with Crippen molar-refractivity contribution in [2.45, 2.75) is 6.10 Å². The predicted molar refractivity (Wildman–Crippen MR) is 132 cm³/mol. The maximum atomic E-state index is 13.1. The first-order chi connectivity index (χ1) is 17.1. The van der Waals surface area contributed by atoms with E-state index in [0.717, 1.165) is 11.3 Å². The molecule has 0 aliphatic carbocycles. The first kappa shape index (κ1) is 23.8. The fourth-order valence-corrected chi connectivity index (χ4v) is 3.57. The van der Waals surface area contributed by atoms with Gasteiger partial charge in [0.05, 0.1) is 25.5 Å². The highest BCUT2D eigenvalue weighted by Crippen LogP contribution is 2.36. The molecule has 1 heterocycles. The Labute approximate surface area is 203 Å². The number of benzene rings is 3. The molecule has 1 atom stereocenters. The number of carbonyl (C=O) groups excluding carboxylic acids is 1. The van der Waals surface area contributed by atoms with Crippen molar-refractivity contribution in [1.82, 2.24) is 15.1 Å². The number of amides is 1. The Morgan fingerprint density at radius 3 is 2.20 bits per heavy atom. The molecule has 1 aromatic heterocycles. The number of methoxy groups -OCH3 is 2. The molecule has 1 unspecified atom stereocenters. The Balaban J connectivity index is 1.47. The second-order valence-electron chi connectivity index (χ2n) is 7.70. The minimum atomic E-state index is -0.960. The number of hydrogen-bond donors (Lipinski definition) is 2. The van der Waals surface area contributed by atoms with Crippen molar-refractivity contribution < 1.29 is 24.1 Å². The molecule has 0 aliphatic rings. The average molecular weight is 474 g/mol. The molecule has 3 aromatic carbocycles. The SMILES string of the molecule is COc1cccc(OC)c1OCC(O)CNC(=O)c1cn(-c2ccccc2)nc1-c1ccccc1. The van der Waals surface area contributed by atoms with Crippen LogP contribution in [-0.2, 0) is 0 Å². The zero-order valence-electron chi connectivity index (χ0n) is 19.5. The minimum absolute atomic E-state index is 0.0129. The molecule has 2 N–H and O–H groups in total. The van der Waals surface area contributed by atoms with Gasteiger partial charge >= 0.3 is 0 Å². The minimum Gasteiger partial charge on any atom is -0.493 e. The second kappa shape index (κ2) is 11.2. The van der Waals surface area contributed by atoms with E-state index in [-0.39, 0.29) is 19.1 Å². The van der Waals surface area contributed by atoms with Crippen LogP contribution in [-0.4, -0.2) is 54.3 Å². The van der Waals surface area contributed by atoms with E-state index >= 15 is 0 Å². The number of aliphatic hydroxyl groups excluding tert-OH is 1. The summed E-state index contributed by atoms with van der Waals surface area (Å²) in [6.45, 7) is -0.0765. The molecular formula is C27H27N3O5. The molecule has 180 valence electrons. The Morgan fingerprint density at radius 1 is 0.943 bits per heavy atom.